The topological polar surface area (TPSA) is 54.4 Å². The fourth-order valence-corrected chi connectivity index (χ4v) is 0.878. The Bertz CT molecular complexity index is 145. The molecule has 0 aromatic rings. The quantitative estimate of drug-likeness (QED) is 0.627. The lowest BCUT2D eigenvalue weighted by Gasteiger charge is -1.94. The summed E-state index contributed by atoms with van der Waals surface area (Å²) in [5.41, 5.74) is 0. The van der Waals surface area contributed by atoms with E-state index in [4.69, 9.17) is 16.7 Å². The molecule has 0 spiro atoms. The zero-order valence-electron chi connectivity index (χ0n) is 6.18. The monoisotopic (exact) mass is 178 g/mol. The van der Waals surface area contributed by atoms with Crippen molar-refractivity contribution in [2.45, 2.75) is 25.7 Å². The highest BCUT2D eigenvalue weighted by Gasteiger charge is 2.02. The minimum absolute atomic E-state index is 0.0428. The second-order valence-corrected chi connectivity index (χ2v) is 2.60. The first-order chi connectivity index (χ1) is 5.16. The summed E-state index contributed by atoms with van der Waals surface area (Å²) in [6.45, 7) is 0. The number of halogens is 1. The lowest BCUT2D eigenvalue weighted by molar-refractivity contribution is -0.137. The van der Waals surface area contributed by atoms with Crippen molar-refractivity contribution in [2.75, 3.05) is 5.88 Å². The highest BCUT2D eigenvalue weighted by Crippen LogP contribution is 1.99. The summed E-state index contributed by atoms with van der Waals surface area (Å²) in [5, 5.41) is 8.22. The van der Waals surface area contributed by atoms with Crippen molar-refractivity contribution in [2.24, 2.45) is 0 Å². The highest BCUT2D eigenvalue weighted by atomic mass is 35.5. The summed E-state index contributed by atoms with van der Waals surface area (Å²) >= 11 is 5.30. The second kappa shape index (κ2) is 6.16. The fourth-order valence-electron chi connectivity index (χ4n) is 0.667. The van der Waals surface area contributed by atoms with Gasteiger partial charge in [0.2, 0.25) is 0 Å². The van der Waals surface area contributed by atoms with Crippen LogP contribution in [0.3, 0.4) is 0 Å². The van der Waals surface area contributed by atoms with Crippen LogP contribution in [0.5, 0.6) is 0 Å². The van der Waals surface area contributed by atoms with Crippen LogP contribution >= 0.6 is 11.6 Å². The van der Waals surface area contributed by atoms with Crippen LogP contribution in [0.25, 0.3) is 0 Å². The van der Waals surface area contributed by atoms with E-state index in [1.54, 1.807) is 0 Å². The van der Waals surface area contributed by atoms with E-state index in [2.05, 4.69) is 0 Å². The van der Waals surface area contributed by atoms with Gasteiger partial charge in [-0.25, -0.2) is 0 Å². The fraction of sp³-hybridized carbons (Fsp3) is 0.714. The van der Waals surface area contributed by atoms with Crippen LogP contribution in [-0.4, -0.2) is 22.7 Å². The Balaban J connectivity index is 3.24. The average molecular weight is 179 g/mol. The zero-order valence-corrected chi connectivity index (χ0v) is 6.93. The van der Waals surface area contributed by atoms with E-state index in [-0.39, 0.29) is 12.2 Å². The Morgan fingerprint density at radius 2 is 1.82 bits per heavy atom. The number of ketones is 1. The molecule has 0 aliphatic rings. The number of carboxylic acid groups (broad SMARTS) is 1. The van der Waals surface area contributed by atoms with E-state index in [0.717, 1.165) is 0 Å². The maximum absolute atomic E-state index is 10.7. The Hall–Kier alpha value is -0.570. The summed E-state index contributed by atoms with van der Waals surface area (Å²) < 4.78 is 0. The van der Waals surface area contributed by atoms with Crippen molar-refractivity contribution in [3.63, 3.8) is 0 Å². The number of hydrogen-bond acceptors (Lipinski definition) is 2. The average Bonchev–Trinajstić information content (AvgIpc) is 1.87. The van der Waals surface area contributed by atoms with Gasteiger partial charge in [0, 0.05) is 25.1 Å². The number of rotatable bonds is 6. The van der Waals surface area contributed by atoms with Crippen molar-refractivity contribution >= 4 is 23.4 Å². The first kappa shape index (κ1) is 10.4. The van der Waals surface area contributed by atoms with Gasteiger partial charge in [-0.3, -0.25) is 9.59 Å². The molecule has 0 aromatic heterocycles. The number of Topliss-reactive ketones (excluding diaryl/α,β-unsaturated/α-hetero) is 1. The van der Waals surface area contributed by atoms with Crippen LogP contribution in [0.4, 0.5) is 0 Å². The molecule has 0 heterocycles. The number of carbonyl (C=O) groups excluding carboxylic acids is 1. The van der Waals surface area contributed by atoms with Crippen LogP contribution < -0.4 is 0 Å². The normalized spacial score (nSPS) is 9.55. The van der Waals surface area contributed by atoms with E-state index in [1.807, 2.05) is 0 Å². The lowest BCUT2D eigenvalue weighted by Crippen LogP contribution is -2.01. The molecule has 0 rings (SSSR count). The van der Waals surface area contributed by atoms with Gasteiger partial charge in [-0.05, 0) is 6.42 Å². The molecule has 3 nitrogen and oxygen atoms in total. The van der Waals surface area contributed by atoms with E-state index in [1.165, 1.54) is 0 Å². The molecular weight excluding hydrogens is 168 g/mol. The Morgan fingerprint density at radius 1 is 1.18 bits per heavy atom. The van der Waals surface area contributed by atoms with Gasteiger partial charge in [0.05, 0.1) is 0 Å². The summed E-state index contributed by atoms with van der Waals surface area (Å²) in [4.78, 5) is 20.7. The second-order valence-electron chi connectivity index (χ2n) is 2.22. The molecule has 0 fully saturated rings. The summed E-state index contributed by atoms with van der Waals surface area (Å²) in [7, 11) is 0. The molecule has 4 heteroatoms. The van der Waals surface area contributed by atoms with Crippen molar-refractivity contribution in [3.05, 3.63) is 0 Å². The molecule has 0 radical (unpaired) electrons. The predicted octanol–water partition coefficient (Wildman–Crippen LogP) is 1.44. The molecule has 0 bridgehead atoms. The van der Waals surface area contributed by atoms with Crippen LogP contribution in [0, 0.1) is 0 Å². The molecule has 0 saturated heterocycles. The number of carboxylic acids is 1. The van der Waals surface area contributed by atoms with Crippen molar-refractivity contribution in [1.82, 2.24) is 0 Å². The molecule has 0 amide bonds. The Morgan fingerprint density at radius 3 is 2.27 bits per heavy atom. The van der Waals surface area contributed by atoms with Crippen LogP contribution in [0.1, 0.15) is 25.7 Å². The van der Waals surface area contributed by atoms with E-state index >= 15 is 0 Å². The molecular formula is C7H11ClO3. The summed E-state index contributed by atoms with van der Waals surface area (Å²) in [6.07, 6.45) is 1.17. The van der Waals surface area contributed by atoms with Gasteiger partial charge in [-0.1, -0.05) is 0 Å². The number of aliphatic carboxylic acids is 1. The maximum atomic E-state index is 10.7. The Labute approximate surface area is 70.3 Å². The molecule has 0 aromatic carbocycles. The highest BCUT2D eigenvalue weighted by molar-refractivity contribution is 6.19. The summed E-state index contributed by atoms with van der Waals surface area (Å²) in [6, 6.07) is 0. The third kappa shape index (κ3) is 7.33. The number of carbonyl (C=O) groups is 2. The molecule has 1 N–H and O–H groups in total. The van der Waals surface area contributed by atoms with Crippen molar-refractivity contribution in [3.8, 4) is 0 Å². The van der Waals surface area contributed by atoms with E-state index in [9.17, 15) is 9.59 Å². The molecule has 0 aliphatic heterocycles. The van der Waals surface area contributed by atoms with Gasteiger partial charge in [0.25, 0.3) is 0 Å². The van der Waals surface area contributed by atoms with Gasteiger partial charge in [-0.15, -0.1) is 11.6 Å². The van der Waals surface area contributed by atoms with Crippen molar-refractivity contribution in [1.29, 1.82) is 0 Å². The number of alkyl halides is 1. The largest absolute Gasteiger partial charge is 0.481 e. The van der Waals surface area contributed by atoms with Crippen LogP contribution in [0.15, 0.2) is 0 Å². The molecule has 0 unspecified atom stereocenters. The standard InChI is InChI=1S/C7H11ClO3/c8-5-4-6(9)2-1-3-7(10)11/h1-5H2,(H,10,11). The first-order valence-electron chi connectivity index (χ1n) is 3.46. The predicted molar refractivity (Wildman–Crippen MR) is 41.8 cm³/mol. The molecule has 0 saturated carbocycles. The maximum Gasteiger partial charge on any atom is 0.303 e. The lowest BCUT2D eigenvalue weighted by atomic mass is 10.1. The van der Waals surface area contributed by atoms with Gasteiger partial charge >= 0.3 is 5.97 Å². The molecule has 0 atom stereocenters. The minimum atomic E-state index is -0.858. The van der Waals surface area contributed by atoms with Gasteiger partial charge in [0.1, 0.15) is 5.78 Å². The zero-order chi connectivity index (χ0) is 8.69. The number of hydrogen-bond donors (Lipinski definition) is 1. The third-order valence-corrected chi connectivity index (χ3v) is 1.41. The van der Waals surface area contributed by atoms with Crippen LogP contribution in [-0.2, 0) is 9.59 Å². The van der Waals surface area contributed by atoms with Crippen molar-refractivity contribution < 1.29 is 14.7 Å². The third-order valence-electron chi connectivity index (χ3n) is 1.22. The van der Waals surface area contributed by atoms with Gasteiger partial charge in [0.15, 0.2) is 0 Å². The molecule has 11 heavy (non-hydrogen) atoms. The molecule has 0 aliphatic carbocycles. The summed E-state index contributed by atoms with van der Waals surface area (Å²) in [5.74, 6) is -0.490. The smallest absolute Gasteiger partial charge is 0.303 e. The minimum Gasteiger partial charge on any atom is -0.481 e. The molecule has 64 valence electrons. The van der Waals surface area contributed by atoms with Crippen LogP contribution in [0.2, 0.25) is 0 Å². The van der Waals surface area contributed by atoms with Gasteiger partial charge < -0.3 is 5.11 Å². The van der Waals surface area contributed by atoms with E-state index < -0.39 is 5.97 Å². The van der Waals surface area contributed by atoms with E-state index in [0.29, 0.717) is 25.1 Å². The SMILES string of the molecule is O=C(O)CCCC(=O)CCCl. The van der Waals surface area contributed by atoms with Gasteiger partial charge in [-0.2, -0.15) is 0 Å². The first-order valence-corrected chi connectivity index (χ1v) is 3.99. The Kier molecular flexibility index (Phi) is 5.84.